The summed E-state index contributed by atoms with van der Waals surface area (Å²) in [4.78, 5) is 54.8. The lowest BCUT2D eigenvalue weighted by Gasteiger charge is -2.18. The van der Waals surface area contributed by atoms with Gasteiger partial charge in [0.05, 0.1) is 11.6 Å². The van der Waals surface area contributed by atoms with E-state index in [1.54, 1.807) is 133 Å². The van der Waals surface area contributed by atoms with Crippen molar-refractivity contribution in [1.29, 1.82) is 5.26 Å². The summed E-state index contributed by atoms with van der Waals surface area (Å²) in [6, 6.07) is 54.3. The number of nitriles is 1. The number of hydrogen-bond acceptors (Lipinski definition) is 7. The van der Waals surface area contributed by atoms with Gasteiger partial charge in [0, 0.05) is 111 Å². The number of Topliss-reactive ketones (excluding diaryl/α,β-unsaturated/α-hetero) is 1. The van der Waals surface area contributed by atoms with Crippen LogP contribution >= 0.6 is 58.0 Å². The Morgan fingerprint density at radius 3 is 1.22 bits per heavy atom. The lowest BCUT2D eigenvalue weighted by atomic mass is 9.97. The van der Waals surface area contributed by atoms with Crippen molar-refractivity contribution in [2.45, 2.75) is 40.2 Å². The zero-order chi connectivity index (χ0) is 57.1. The van der Waals surface area contributed by atoms with Gasteiger partial charge in [0.1, 0.15) is 0 Å². The van der Waals surface area contributed by atoms with Gasteiger partial charge >= 0.3 is 0 Å². The molecular formula is C63H59Cl5N6O4. The fraction of sp³-hybridized carbons (Fsp3) is 0.159. The van der Waals surface area contributed by atoms with Crippen molar-refractivity contribution in [3.63, 3.8) is 0 Å². The molecule has 0 aliphatic heterocycles. The van der Waals surface area contributed by atoms with E-state index in [2.05, 4.69) is 11.4 Å². The molecule has 0 fully saturated rings. The van der Waals surface area contributed by atoms with E-state index in [0.29, 0.717) is 67.3 Å². The number of hydrogen-bond donors (Lipinski definition) is 2. The predicted molar refractivity (Wildman–Crippen MR) is 324 cm³/mol. The van der Waals surface area contributed by atoms with Crippen LogP contribution in [0.5, 0.6) is 0 Å². The van der Waals surface area contributed by atoms with Gasteiger partial charge in [-0.15, -0.1) is 0 Å². The van der Waals surface area contributed by atoms with Gasteiger partial charge < -0.3 is 25.8 Å². The lowest BCUT2D eigenvalue weighted by molar-refractivity contribution is 0.0976. The molecule has 0 radical (unpaired) electrons. The standard InChI is InChI=1S/C24H21Cl2NO2.C16H17ClN2O.C16H13ClN2O.C7H8ClN/c1-16-14-19(24(29)27(2)22-11-9-20(25)10-12-22)7-6-17(16)8-13-23(28)18-4-3-5-21(26)15-18;2*1-11-9-12(3-4-13(11)10-18)16(20)19(2)15-7-5-14(17)6-8-15;1-9-7-4-2-6(8)3-5-7/h3-7,9-12,14-15H,8,13H2,1-2H3;3-9H,10,18H2,1-2H3;3-9H,1-2H3;2-5,9H,1H3. The first-order valence-corrected chi connectivity index (χ1v) is 26.3. The number of rotatable bonds is 12. The van der Waals surface area contributed by atoms with Crippen molar-refractivity contribution >= 4 is 104 Å². The maximum Gasteiger partial charge on any atom is 0.258 e. The molecule has 8 aromatic carbocycles. The number of nitrogens with zero attached hydrogens (tertiary/aromatic N) is 4. The molecule has 0 spiro atoms. The van der Waals surface area contributed by atoms with E-state index >= 15 is 0 Å². The Morgan fingerprint density at radius 1 is 0.474 bits per heavy atom. The molecule has 0 aromatic heterocycles. The van der Waals surface area contributed by atoms with Crippen LogP contribution in [0.2, 0.25) is 25.1 Å². The molecule has 400 valence electrons. The average Bonchev–Trinajstić information content (AvgIpc) is 3.45. The highest BCUT2D eigenvalue weighted by Crippen LogP contribution is 2.24. The Morgan fingerprint density at radius 2 is 0.859 bits per heavy atom. The smallest absolute Gasteiger partial charge is 0.258 e. The van der Waals surface area contributed by atoms with Crippen molar-refractivity contribution in [1.82, 2.24) is 0 Å². The van der Waals surface area contributed by atoms with E-state index in [-0.39, 0.29) is 23.5 Å². The third-order valence-electron chi connectivity index (χ3n) is 12.4. The molecule has 15 heteroatoms. The summed E-state index contributed by atoms with van der Waals surface area (Å²) in [6.45, 7) is 6.21. The van der Waals surface area contributed by atoms with E-state index in [1.165, 1.54) is 0 Å². The molecule has 0 aliphatic rings. The van der Waals surface area contributed by atoms with Crippen molar-refractivity contribution in [3.8, 4) is 6.07 Å². The van der Waals surface area contributed by atoms with E-state index < -0.39 is 0 Å². The first-order valence-electron chi connectivity index (χ1n) is 24.5. The van der Waals surface area contributed by atoms with Crippen LogP contribution in [0.25, 0.3) is 0 Å². The Labute approximate surface area is 482 Å². The number of benzene rings is 8. The van der Waals surface area contributed by atoms with Gasteiger partial charge in [-0.05, 0) is 207 Å². The number of halogens is 5. The van der Waals surface area contributed by atoms with Crippen molar-refractivity contribution in [2.24, 2.45) is 5.73 Å². The second kappa shape index (κ2) is 29.9. The minimum absolute atomic E-state index is 0.0505. The number of nitrogens with two attached hydrogens (primary N) is 1. The number of carbonyl (C=O) groups is 4. The highest BCUT2D eigenvalue weighted by molar-refractivity contribution is 6.32. The molecule has 0 heterocycles. The van der Waals surface area contributed by atoms with Gasteiger partial charge in [0.15, 0.2) is 5.78 Å². The molecule has 0 unspecified atom stereocenters. The van der Waals surface area contributed by atoms with Crippen LogP contribution < -0.4 is 25.8 Å². The van der Waals surface area contributed by atoms with Crippen molar-refractivity contribution in [2.75, 3.05) is 48.2 Å². The molecule has 0 aliphatic carbocycles. The Kier molecular flexibility index (Phi) is 23.5. The van der Waals surface area contributed by atoms with Crippen LogP contribution in [-0.2, 0) is 13.0 Å². The van der Waals surface area contributed by atoms with Crippen LogP contribution in [0.15, 0.2) is 176 Å². The zero-order valence-electron chi connectivity index (χ0n) is 44.3. The quantitative estimate of drug-likeness (QED) is 0.116. The summed E-state index contributed by atoms with van der Waals surface area (Å²) in [5.74, 6) is -0.231. The monoisotopic (exact) mass is 1140 g/mol. The highest BCUT2D eigenvalue weighted by atomic mass is 35.5. The average molecular weight is 1140 g/mol. The van der Waals surface area contributed by atoms with Gasteiger partial charge in [-0.1, -0.05) is 82.3 Å². The van der Waals surface area contributed by atoms with Gasteiger partial charge in [-0.3, -0.25) is 19.2 Å². The molecule has 0 saturated carbocycles. The fourth-order valence-corrected chi connectivity index (χ4v) is 8.38. The number of anilines is 4. The summed E-state index contributed by atoms with van der Waals surface area (Å²) in [5, 5.41) is 15.1. The van der Waals surface area contributed by atoms with Crippen LogP contribution in [0, 0.1) is 32.1 Å². The minimum Gasteiger partial charge on any atom is -0.388 e. The van der Waals surface area contributed by atoms with Crippen LogP contribution in [-0.4, -0.2) is 51.7 Å². The normalized spacial score (nSPS) is 10.2. The first-order chi connectivity index (χ1) is 37.2. The molecule has 8 rings (SSSR count). The third kappa shape index (κ3) is 17.8. The molecule has 3 N–H and O–H groups in total. The molecule has 0 bridgehead atoms. The number of ketones is 1. The van der Waals surface area contributed by atoms with E-state index in [1.807, 2.05) is 107 Å². The van der Waals surface area contributed by atoms with Crippen molar-refractivity contribution in [3.05, 3.63) is 257 Å². The largest absolute Gasteiger partial charge is 0.388 e. The number of aryl methyl sites for hydroxylation is 4. The van der Waals surface area contributed by atoms with Gasteiger partial charge in [-0.25, -0.2) is 0 Å². The Bertz CT molecular complexity index is 3380. The molecule has 8 aromatic rings. The van der Waals surface area contributed by atoms with Gasteiger partial charge in [0.2, 0.25) is 0 Å². The predicted octanol–water partition coefficient (Wildman–Crippen LogP) is 16.0. The topological polar surface area (TPSA) is 140 Å². The maximum absolute atomic E-state index is 12.8. The van der Waals surface area contributed by atoms with E-state index in [4.69, 9.17) is 69.0 Å². The van der Waals surface area contributed by atoms with Crippen LogP contribution in [0.1, 0.15) is 81.2 Å². The molecular weight excluding hydrogens is 1080 g/mol. The van der Waals surface area contributed by atoms with E-state index in [0.717, 1.165) is 55.6 Å². The van der Waals surface area contributed by atoms with Crippen LogP contribution in [0.3, 0.4) is 0 Å². The summed E-state index contributed by atoms with van der Waals surface area (Å²) < 4.78 is 0. The van der Waals surface area contributed by atoms with Gasteiger partial charge in [-0.2, -0.15) is 5.26 Å². The van der Waals surface area contributed by atoms with E-state index in [9.17, 15) is 19.2 Å². The maximum atomic E-state index is 12.8. The first kappa shape index (κ1) is 61.4. The third-order valence-corrected chi connectivity index (χ3v) is 13.7. The summed E-state index contributed by atoms with van der Waals surface area (Å²) in [6.07, 6.45) is 0.998. The minimum atomic E-state index is -0.125. The number of amides is 3. The molecule has 0 saturated heterocycles. The number of carbonyl (C=O) groups excluding carboxylic acids is 4. The SMILES string of the molecule is CNc1ccc(Cl)cc1.Cc1cc(C(=O)N(C)c2ccc(Cl)cc2)ccc1C#N.Cc1cc(C(=O)N(C)c2ccc(Cl)cc2)ccc1CCC(=O)c1cccc(Cl)c1.Cc1cc(C(=O)N(C)c2ccc(Cl)cc2)ccc1CN. The fourth-order valence-electron chi connectivity index (χ4n) is 7.69. The molecule has 78 heavy (non-hydrogen) atoms. The molecule has 0 atom stereocenters. The Hall–Kier alpha value is -7.46. The summed E-state index contributed by atoms with van der Waals surface area (Å²) >= 11 is 29.2. The second-order valence-electron chi connectivity index (χ2n) is 17.8. The lowest BCUT2D eigenvalue weighted by Crippen LogP contribution is -2.26. The number of nitrogens with one attached hydrogen (secondary N) is 1. The Balaban J connectivity index is 0.000000203. The van der Waals surface area contributed by atoms with Crippen LogP contribution in [0.4, 0.5) is 22.7 Å². The van der Waals surface area contributed by atoms with Crippen molar-refractivity contribution < 1.29 is 19.2 Å². The molecule has 3 amide bonds. The zero-order valence-corrected chi connectivity index (χ0v) is 48.0. The van der Waals surface area contributed by atoms with Gasteiger partial charge in [0.25, 0.3) is 17.7 Å². The highest BCUT2D eigenvalue weighted by Gasteiger charge is 2.18. The molecule has 10 nitrogen and oxygen atoms in total. The summed E-state index contributed by atoms with van der Waals surface area (Å²) in [7, 11) is 7.07. The summed E-state index contributed by atoms with van der Waals surface area (Å²) in [5.41, 5.74) is 17.0. The second-order valence-corrected chi connectivity index (χ2v) is 20.0.